The van der Waals surface area contributed by atoms with Crippen molar-refractivity contribution in [2.75, 3.05) is 38.4 Å². The van der Waals surface area contributed by atoms with E-state index < -0.39 is 30.7 Å². The van der Waals surface area contributed by atoms with Gasteiger partial charge in [0.05, 0.1) is 29.0 Å². The number of amides is 2. The Hall–Kier alpha value is -8.85. The minimum absolute atomic E-state index is 0.0444. The average molecular weight is 1090 g/mol. The maximum absolute atomic E-state index is 13.7. The Labute approximate surface area is 460 Å². The summed E-state index contributed by atoms with van der Waals surface area (Å²) >= 11 is 5.52. The number of nitrogens with zero attached hydrogens (tertiary/aromatic N) is 2. The summed E-state index contributed by atoms with van der Waals surface area (Å²) in [5.74, 6) is -1.63. The number of aliphatic hydroxyl groups excluding tert-OH is 1. The number of phenolic OH excluding ortho intramolecular Hbond substituents is 1. The summed E-state index contributed by atoms with van der Waals surface area (Å²) in [4.78, 5) is 69.6. The van der Waals surface area contributed by atoms with E-state index in [1.54, 1.807) is 60.8 Å². The third kappa shape index (κ3) is 14.8. The van der Waals surface area contributed by atoms with Crippen LogP contribution in [-0.2, 0) is 9.53 Å². The van der Waals surface area contributed by atoms with Crippen LogP contribution in [0.5, 0.6) is 5.75 Å². The second-order valence-corrected chi connectivity index (χ2v) is 19.0. The number of aliphatic carboxylic acids is 1. The molecule has 0 saturated heterocycles. The van der Waals surface area contributed by atoms with Crippen LogP contribution in [0.4, 0.5) is 5.69 Å². The topological polar surface area (TPSA) is 287 Å². The highest BCUT2D eigenvalue weighted by Gasteiger charge is 2.27. The second kappa shape index (κ2) is 27.5. The molecule has 1 aromatic heterocycles. The lowest BCUT2D eigenvalue weighted by molar-refractivity contribution is -0.139. The van der Waals surface area contributed by atoms with Gasteiger partial charge in [-0.25, -0.2) is 14.6 Å². The summed E-state index contributed by atoms with van der Waals surface area (Å²) in [6, 6.07) is 24.9. The van der Waals surface area contributed by atoms with Gasteiger partial charge in [-0.1, -0.05) is 43.5 Å². The molecule has 8 rings (SSSR count). The number of carbonyl (C=O) groups excluding carboxylic acids is 2. The average Bonchev–Trinajstić information content (AvgIpc) is 4.04. The number of aromatic hydroxyl groups is 1. The van der Waals surface area contributed by atoms with E-state index in [0.29, 0.717) is 70.0 Å². The van der Waals surface area contributed by atoms with Gasteiger partial charge in [-0.15, -0.1) is 6.58 Å². The largest absolute Gasteiger partial charge is 0.508 e. The fourth-order valence-electron chi connectivity index (χ4n) is 9.47. The summed E-state index contributed by atoms with van der Waals surface area (Å²) in [6.45, 7) is 8.15. The number of hydrogen-bond acceptors (Lipinski definition) is 13. The number of aromatic nitrogens is 2. The summed E-state index contributed by atoms with van der Waals surface area (Å²) in [6.07, 6.45) is 11.0. The van der Waals surface area contributed by atoms with Crippen molar-refractivity contribution in [2.45, 2.75) is 70.9 Å². The summed E-state index contributed by atoms with van der Waals surface area (Å²) in [5, 5.41) is 60.5. The molecule has 0 bridgehead atoms. The van der Waals surface area contributed by atoms with Crippen LogP contribution in [0.15, 0.2) is 143 Å². The number of benzene rings is 5. The van der Waals surface area contributed by atoms with Crippen LogP contribution in [0, 0.1) is 0 Å². The van der Waals surface area contributed by atoms with Gasteiger partial charge in [0.25, 0.3) is 11.8 Å². The van der Waals surface area contributed by atoms with Gasteiger partial charge >= 0.3 is 11.9 Å². The summed E-state index contributed by atoms with van der Waals surface area (Å²) in [7, 11) is 0. The smallest absolute Gasteiger partial charge is 0.336 e. The monoisotopic (exact) mass is 1090 g/mol. The molecule has 0 radical (unpaired) electrons. The maximum Gasteiger partial charge on any atom is 0.336 e. The lowest BCUT2D eigenvalue weighted by Gasteiger charge is -2.25. The number of imidazole rings is 1. The molecule has 19 nitrogen and oxygen atoms in total. The number of carboxylic acids is 2. The Bertz CT molecular complexity index is 3450. The SMILES string of the molecule is C=CCN/C=C(\C/C=C(\C)OCC)C[C@H](NC(=O)c1ccc2c(c1)nc(-c1ccc(C(=O)NCCNC(=S)Nc3ccc(-c4c5ccc(=O)cc-5oc5cc(O)ccc45)c(C(=O)O)c3)cc1)n2C1CCCCC1)C(=O)O.OCO. The van der Waals surface area contributed by atoms with Crippen LogP contribution in [0.1, 0.15) is 95.9 Å². The lowest BCUT2D eigenvalue weighted by Crippen LogP contribution is -2.41. The number of fused-ring (bicyclic) bond motifs is 3. The molecule has 2 aliphatic carbocycles. The molecule has 2 amide bonds. The molecular weight excluding hydrogens is 1030 g/mol. The van der Waals surface area contributed by atoms with Crippen LogP contribution in [0.25, 0.3) is 55.8 Å². The van der Waals surface area contributed by atoms with Crippen molar-refractivity contribution < 1.29 is 53.9 Å². The quantitative estimate of drug-likeness (QED) is 0.00804. The molecule has 1 saturated carbocycles. The standard InChI is InChI=1S/C58H59N7O10S.CH4O2/c1-4-25-59-33-35(12-11-34(3)74-5-2)28-48(57(72)73)64-55(69)38-17-24-49-47(29-38)63-53(65(49)40-9-7-6-8-10-40)36-13-15-37(16-14-36)54(68)60-26-27-61-58(76)62-39-18-21-43(46(30-39)56(70)71)52-44-22-19-41(66)31-50(44)75-51-32-42(67)20-23-45(51)52;2-1-3/h4,11,13-24,29-33,40,48,59,66H,1,5-10,12,25-28H2,2-3H3,(H,60,68)(H,64,69)(H,70,71)(H,72,73)(H2,61,62,76);2-3H,1H2/b34-11+,35-33+;/t48-;/m0./s1. The van der Waals surface area contributed by atoms with Gasteiger partial charge < -0.3 is 65.8 Å². The van der Waals surface area contributed by atoms with Gasteiger partial charge in [-0.3, -0.25) is 14.4 Å². The third-order valence-corrected chi connectivity index (χ3v) is 13.4. The first-order valence-corrected chi connectivity index (χ1v) is 26.1. The number of ether oxygens (including phenoxy) is 1. The molecular formula is C59H63N7O12S. The van der Waals surface area contributed by atoms with Gasteiger partial charge in [-0.05, 0) is 135 Å². The fraction of sp³-hybridized carbons (Fsp3) is 0.271. The Morgan fingerprint density at radius 3 is 2.32 bits per heavy atom. The highest BCUT2D eigenvalue weighted by molar-refractivity contribution is 7.80. The molecule has 0 spiro atoms. The number of thiocarbonyl (C=S) groups is 1. The number of phenols is 1. The van der Waals surface area contributed by atoms with Crippen molar-refractivity contribution in [3.8, 4) is 39.6 Å². The number of carbonyl (C=O) groups is 4. The van der Waals surface area contributed by atoms with Crippen LogP contribution < -0.4 is 32.0 Å². The van der Waals surface area contributed by atoms with E-state index in [1.807, 2.05) is 38.1 Å². The molecule has 2 heterocycles. The maximum atomic E-state index is 13.7. The number of aliphatic hydroxyl groups is 2. The van der Waals surface area contributed by atoms with E-state index in [1.165, 1.54) is 30.3 Å². The lowest BCUT2D eigenvalue weighted by atomic mass is 9.90. The van der Waals surface area contributed by atoms with Crippen molar-refractivity contribution in [1.29, 1.82) is 0 Å². The van der Waals surface area contributed by atoms with Crippen molar-refractivity contribution in [1.82, 2.24) is 30.8 Å². The van der Waals surface area contributed by atoms with Crippen LogP contribution >= 0.6 is 12.2 Å². The zero-order valence-electron chi connectivity index (χ0n) is 43.7. The fourth-order valence-corrected chi connectivity index (χ4v) is 9.69. The molecule has 5 aromatic rings. The molecule has 1 fully saturated rings. The third-order valence-electron chi connectivity index (χ3n) is 13.1. The van der Waals surface area contributed by atoms with E-state index in [4.69, 9.17) is 36.6 Å². The number of anilines is 1. The van der Waals surface area contributed by atoms with Crippen LogP contribution in [0.2, 0.25) is 0 Å². The number of nitrogens with one attached hydrogen (secondary N) is 5. The highest BCUT2D eigenvalue weighted by atomic mass is 32.1. The van der Waals surface area contributed by atoms with E-state index in [2.05, 4.69) is 37.7 Å². The number of rotatable bonds is 21. The molecule has 412 valence electrons. The molecule has 4 aromatic carbocycles. The number of hydrogen-bond donors (Lipinski definition) is 10. The van der Waals surface area contributed by atoms with Gasteiger partial charge in [0.15, 0.2) is 10.5 Å². The van der Waals surface area contributed by atoms with Crippen molar-refractivity contribution in [3.63, 3.8) is 0 Å². The van der Waals surface area contributed by atoms with E-state index in [0.717, 1.165) is 48.8 Å². The Morgan fingerprint density at radius 1 is 0.886 bits per heavy atom. The van der Waals surface area contributed by atoms with Gasteiger partial charge in [0.2, 0.25) is 0 Å². The normalized spacial score (nSPS) is 13.2. The van der Waals surface area contributed by atoms with Gasteiger partial charge in [0.1, 0.15) is 35.8 Å². The highest BCUT2D eigenvalue weighted by Crippen LogP contribution is 2.43. The molecule has 0 unspecified atom stereocenters. The van der Waals surface area contributed by atoms with Crippen molar-refractivity contribution >= 4 is 68.8 Å². The van der Waals surface area contributed by atoms with Gasteiger partial charge in [0, 0.05) is 83.1 Å². The minimum atomic E-state index is -1.21. The Balaban J connectivity index is 0.00000294. The van der Waals surface area contributed by atoms with Crippen LogP contribution in [-0.4, -0.2) is 103 Å². The number of allylic oxidation sites excluding steroid dienone is 2. The first kappa shape index (κ1) is 57.8. The molecule has 3 aliphatic rings. The molecule has 1 aliphatic heterocycles. The second-order valence-electron chi connectivity index (χ2n) is 18.6. The zero-order chi connectivity index (χ0) is 56.6. The Morgan fingerprint density at radius 2 is 1.61 bits per heavy atom. The van der Waals surface area contributed by atoms with Crippen molar-refractivity contribution in [3.05, 3.63) is 160 Å². The molecule has 79 heavy (non-hydrogen) atoms. The van der Waals surface area contributed by atoms with Crippen LogP contribution in [0.3, 0.4) is 0 Å². The first-order chi connectivity index (χ1) is 38.1. The summed E-state index contributed by atoms with van der Waals surface area (Å²) < 4.78 is 13.7. The van der Waals surface area contributed by atoms with Gasteiger partial charge in [-0.2, -0.15) is 0 Å². The Kier molecular flexibility index (Phi) is 20.1. The van der Waals surface area contributed by atoms with Crippen molar-refractivity contribution in [2.24, 2.45) is 0 Å². The van der Waals surface area contributed by atoms with E-state index in [9.17, 15) is 39.3 Å². The molecule has 10 N–H and O–H groups in total. The predicted octanol–water partition coefficient (Wildman–Crippen LogP) is 8.70. The number of carboxylic acid groups (broad SMARTS) is 2. The zero-order valence-corrected chi connectivity index (χ0v) is 44.5. The number of aromatic carboxylic acids is 1. The molecule has 20 heteroatoms. The van der Waals surface area contributed by atoms with E-state index in [-0.39, 0.29) is 70.2 Å². The summed E-state index contributed by atoms with van der Waals surface area (Å²) in [5.41, 5.74) is 5.40. The van der Waals surface area contributed by atoms with E-state index >= 15 is 0 Å². The molecule has 1 atom stereocenters. The first-order valence-electron chi connectivity index (χ1n) is 25.7. The minimum Gasteiger partial charge on any atom is -0.508 e. The predicted molar refractivity (Wildman–Crippen MR) is 306 cm³/mol.